The number of carbonyl (C=O) groups is 1. The van der Waals surface area contributed by atoms with E-state index in [2.05, 4.69) is 31.2 Å². The molecule has 0 bridgehead atoms. The Morgan fingerprint density at radius 2 is 2.11 bits per heavy atom. The zero-order chi connectivity index (χ0) is 14.0. The number of pyridine rings is 2. The normalized spacial score (nSPS) is 10.3. The Kier molecular flexibility index (Phi) is 3.80. The minimum absolute atomic E-state index is 0.106. The van der Waals surface area contributed by atoms with Crippen molar-refractivity contribution in [3.05, 3.63) is 45.8 Å². The lowest BCUT2D eigenvalue weighted by molar-refractivity contribution is 0.0697. The van der Waals surface area contributed by atoms with Crippen molar-refractivity contribution in [1.29, 1.82) is 0 Å². The monoisotopic (exact) mass is 321 g/mol. The highest BCUT2D eigenvalue weighted by Crippen LogP contribution is 2.23. The molecule has 2 heterocycles. The summed E-state index contributed by atoms with van der Waals surface area (Å²) in [5.41, 5.74) is 2.55. The summed E-state index contributed by atoms with van der Waals surface area (Å²) in [5, 5.41) is 12.2. The molecule has 5 nitrogen and oxygen atoms in total. The molecule has 0 saturated heterocycles. The molecule has 2 N–H and O–H groups in total. The second kappa shape index (κ2) is 5.36. The highest BCUT2D eigenvalue weighted by Gasteiger charge is 2.13. The summed E-state index contributed by atoms with van der Waals surface area (Å²) in [6, 6.07) is 5.22. The highest BCUT2D eigenvalue weighted by molar-refractivity contribution is 9.10. The van der Waals surface area contributed by atoms with E-state index in [9.17, 15) is 4.79 Å². The molecule has 0 aliphatic heterocycles. The minimum Gasteiger partial charge on any atom is -0.478 e. The fourth-order valence-corrected chi connectivity index (χ4v) is 1.98. The fourth-order valence-electron chi connectivity index (χ4n) is 1.65. The largest absolute Gasteiger partial charge is 0.478 e. The number of hydrogen-bond donors (Lipinski definition) is 2. The third-order valence-corrected chi connectivity index (χ3v) is 3.00. The summed E-state index contributed by atoms with van der Waals surface area (Å²) in [6.07, 6.45) is 1.55. The molecular formula is C13H12BrN3O2. The van der Waals surface area contributed by atoms with Gasteiger partial charge in [-0.05, 0) is 48.0 Å². The average molecular weight is 322 g/mol. The van der Waals surface area contributed by atoms with E-state index in [-0.39, 0.29) is 5.56 Å². The van der Waals surface area contributed by atoms with Crippen LogP contribution in [0.1, 0.15) is 21.7 Å². The molecule has 0 aliphatic rings. The van der Waals surface area contributed by atoms with Crippen LogP contribution in [0.15, 0.2) is 28.9 Å². The number of aromatic nitrogens is 2. The number of nitrogens with one attached hydrogen (secondary N) is 1. The molecule has 0 saturated carbocycles. The third kappa shape index (κ3) is 3.08. The Balaban J connectivity index is 2.40. The van der Waals surface area contributed by atoms with Crippen LogP contribution >= 0.6 is 15.9 Å². The lowest BCUT2D eigenvalue weighted by atomic mass is 10.2. The van der Waals surface area contributed by atoms with Gasteiger partial charge in [0.25, 0.3) is 0 Å². The van der Waals surface area contributed by atoms with Gasteiger partial charge >= 0.3 is 5.97 Å². The fraction of sp³-hybridized carbons (Fsp3) is 0.154. The first-order valence-electron chi connectivity index (χ1n) is 5.57. The van der Waals surface area contributed by atoms with E-state index in [0.717, 1.165) is 17.1 Å². The van der Waals surface area contributed by atoms with E-state index in [4.69, 9.17) is 5.11 Å². The standard InChI is InChI=1S/C13H12BrN3O2/c1-7-3-4-11(8(2)16-7)17-12-10(13(18)19)5-9(14)6-15-12/h3-6H,1-2H3,(H,15,17)(H,18,19). The number of carboxylic acid groups (broad SMARTS) is 1. The van der Waals surface area contributed by atoms with E-state index in [1.807, 2.05) is 26.0 Å². The van der Waals surface area contributed by atoms with Crippen LogP contribution < -0.4 is 5.32 Å². The molecule has 98 valence electrons. The quantitative estimate of drug-likeness (QED) is 0.907. The number of anilines is 2. The first-order chi connectivity index (χ1) is 8.97. The number of nitrogens with zero attached hydrogens (tertiary/aromatic N) is 2. The van der Waals surface area contributed by atoms with Crippen LogP contribution in [0.5, 0.6) is 0 Å². The molecule has 2 rings (SSSR count). The number of hydrogen-bond acceptors (Lipinski definition) is 4. The minimum atomic E-state index is -1.03. The van der Waals surface area contributed by atoms with Crippen molar-refractivity contribution in [3.63, 3.8) is 0 Å². The lowest BCUT2D eigenvalue weighted by Crippen LogP contribution is -2.06. The Morgan fingerprint density at radius 3 is 2.74 bits per heavy atom. The van der Waals surface area contributed by atoms with Gasteiger partial charge in [-0.2, -0.15) is 0 Å². The molecule has 0 unspecified atom stereocenters. The molecule has 2 aromatic rings. The van der Waals surface area contributed by atoms with Gasteiger partial charge in [-0.3, -0.25) is 4.98 Å². The van der Waals surface area contributed by atoms with Crippen molar-refractivity contribution in [1.82, 2.24) is 9.97 Å². The van der Waals surface area contributed by atoms with E-state index in [0.29, 0.717) is 10.3 Å². The predicted molar refractivity (Wildman–Crippen MR) is 75.9 cm³/mol. The molecule has 2 aromatic heterocycles. The van der Waals surface area contributed by atoms with Crippen molar-refractivity contribution >= 4 is 33.4 Å². The molecule has 0 amide bonds. The Labute approximate surface area is 118 Å². The van der Waals surface area contributed by atoms with Gasteiger partial charge in [0.1, 0.15) is 11.4 Å². The molecule has 19 heavy (non-hydrogen) atoms. The van der Waals surface area contributed by atoms with Crippen LogP contribution in [0.25, 0.3) is 0 Å². The van der Waals surface area contributed by atoms with Crippen LogP contribution in [0, 0.1) is 13.8 Å². The lowest BCUT2D eigenvalue weighted by Gasteiger charge is -2.11. The number of halogens is 1. The van der Waals surface area contributed by atoms with E-state index >= 15 is 0 Å². The summed E-state index contributed by atoms with van der Waals surface area (Å²) in [5.74, 6) is -0.738. The molecule has 0 fully saturated rings. The van der Waals surface area contributed by atoms with Gasteiger partial charge < -0.3 is 10.4 Å². The van der Waals surface area contributed by atoms with Crippen LogP contribution in [-0.2, 0) is 0 Å². The molecule has 0 atom stereocenters. The van der Waals surface area contributed by atoms with Crippen molar-refractivity contribution in [2.24, 2.45) is 0 Å². The van der Waals surface area contributed by atoms with Crippen molar-refractivity contribution in [2.45, 2.75) is 13.8 Å². The zero-order valence-electron chi connectivity index (χ0n) is 10.4. The summed E-state index contributed by atoms with van der Waals surface area (Å²) in [6.45, 7) is 3.76. The van der Waals surface area contributed by atoms with E-state index < -0.39 is 5.97 Å². The van der Waals surface area contributed by atoms with Gasteiger partial charge in [0.2, 0.25) is 0 Å². The smallest absolute Gasteiger partial charge is 0.339 e. The van der Waals surface area contributed by atoms with Gasteiger partial charge in [0.05, 0.1) is 11.4 Å². The maximum Gasteiger partial charge on any atom is 0.339 e. The second-order valence-electron chi connectivity index (χ2n) is 4.07. The number of aryl methyl sites for hydroxylation is 2. The average Bonchev–Trinajstić information content (AvgIpc) is 2.34. The Bertz CT molecular complexity index is 644. The SMILES string of the molecule is Cc1ccc(Nc2ncc(Br)cc2C(=O)O)c(C)n1. The van der Waals surface area contributed by atoms with E-state index in [1.54, 1.807) is 6.20 Å². The van der Waals surface area contributed by atoms with Gasteiger partial charge in [0, 0.05) is 16.4 Å². The predicted octanol–water partition coefficient (Wildman–Crippen LogP) is 3.30. The van der Waals surface area contributed by atoms with Crippen molar-refractivity contribution in [2.75, 3.05) is 5.32 Å². The molecule has 0 aliphatic carbocycles. The maximum absolute atomic E-state index is 11.2. The van der Waals surface area contributed by atoms with Crippen LogP contribution in [-0.4, -0.2) is 21.0 Å². The summed E-state index contributed by atoms with van der Waals surface area (Å²) < 4.78 is 0.620. The zero-order valence-corrected chi connectivity index (χ0v) is 12.0. The summed E-state index contributed by atoms with van der Waals surface area (Å²) in [7, 11) is 0. The number of rotatable bonds is 3. The van der Waals surface area contributed by atoms with Crippen LogP contribution in [0.2, 0.25) is 0 Å². The third-order valence-electron chi connectivity index (χ3n) is 2.56. The summed E-state index contributed by atoms with van der Waals surface area (Å²) in [4.78, 5) is 19.6. The van der Waals surface area contributed by atoms with Crippen molar-refractivity contribution < 1.29 is 9.90 Å². The number of aromatic carboxylic acids is 1. The second-order valence-corrected chi connectivity index (χ2v) is 4.98. The highest BCUT2D eigenvalue weighted by atomic mass is 79.9. The van der Waals surface area contributed by atoms with Gasteiger partial charge in [-0.1, -0.05) is 0 Å². The van der Waals surface area contributed by atoms with E-state index in [1.165, 1.54) is 6.07 Å². The van der Waals surface area contributed by atoms with Crippen LogP contribution in [0.3, 0.4) is 0 Å². The molecular weight excluding hydrogens is 310 g/mol. The van der Waals surface area contributed by atoms with Gasteiger partial charge in [-0.25, -0.2) is 9.78 Å². The Morgan fingerprint density at radius 1 is 1.37 bits per heavy atom. The van der Waals surface area contributed by atoms with Crippen molar-refractivity contribution in [3.8, 4) is 0 Å². The topological polar surface area (TPSA) is 75.1 Å². The molecule has 0 aromatic carbocycles. The van der Waals surface area contributed by atoms with Gasteiger partial charge in [-0.15, -0.1) is 0 Å². The molecule has 0 radical (unpaired) electrons. The summed E-state index contributed by atoms with van der Waals surface area (Å²) >= 11 is 3.21. The molecule has 0 spiro atoms. The first kappa shape index (κ1) is 13.5. The van der Waals surface area contributed by atoms with Gasteiger partial charge in [0.15, 0.2) is 0 Å². The maximum atomic E-state index is 11.2. The first-order valence-corrected chi connectivity index (χ1v) is 6.37. The Hall–Kier alpha value is -1.95. The molecule has 6 heteroatoms. The van der Waals surface area contributed by atoms with Crippen LogP contribution in [0.4, 0.5) is 11.5 Å². The number of carboxylic acids is 1.